The van der Waals surface area contributed by atoms with Gasteiger partial charge in [0, 0.05) is 20.1 Å². The molecule has 1 atom stereocenters. The number of benzene rings is 1. The number of hydrogen-bond acceptors (Lipinski definition) is 4. The van der Waals surface area contributed by atoms with E-state index in [-0.39, 0.29) is 5.91 Å². The monoisotopic (exact) mass is 339 g/mol. The lowest BCUT2D eigenvalue weighted by molar-refractivity contribution is -0.119. The maximum Gasteiger partial charge on any atom is 0.321 e. The molecule has 3 amide bonds. The molecule has 0 aromatic heterocycles. The minimum absolute atomic E-state index is 0.384. The molecule has 0 heterocycles. The molecule has 0 saturated heterocycles. The molecular weight excluding hydrogens is 318 g/mol. The summed E-state index contributed by atoms with van der Waals surface area (Å²) in [6.07, 6.45) is 0. The third-order valence-corrected chi connectivity index (χ3v) is 4.77. The maximum absolute atomic E-state index is 12.4. The van der Waals surface area contributed by atoms with E-state index in [0.29, 0.717) is 4.32 Å². The molecule has 5 nitrogen and oxygen atoms in total. The fourth-order valence-electron chi connectivity index (χ4n) is 1.80. The number of carbonyl (C=O) groups is 2. The molecule has 1 aromatic carbocycles. The van der Waals surface area contributed by atoms with E-state index in [0.717, 1.165) is 18.7 Å². The summed E-state index contributed by atoms with van der Waals surface area (Å²) in [7, 11) is 1.47. The summed E-state index contributed by atoms with van der Waals surface area (Å²) in [6, 6.07) is 8.77. The summed E-state index contributed by atoms with van der Waals surface area (Å²) in [6.45, 7) is 5.58. The van der Waals surface area contributed by atoms with Crippen LogP contribution in [-0.4, -0.2) is 41.3 Å². The molecule has 120 valence electrons. The Morgan fingerprint density at radius 2 is 1.82 bits per heavy atom. The van der Waals surface area contributed by atoms with E-state index in [1.54, 1.807) is 0 Å². The summed E-state index contributed by atoms with van der Waals surface area (Å²) in [5.41, 5.74) is 0.809. The number of nitrogens with zero attached hydrogens (tertiary/aromatic N) is 1. The summed E-state index contributed by atoms with van der Waals surface area (Å²) < 4.78 is 0.644. The third-order valence-electron chi connectivity index (χ3n) is 3.04. The largest absolute Gasteiger partial charge is 0.358 e. The molecule has 0 aliphatic heterocycles. The van der Waals surface area contributed by atoms with E-state index >= 15 is 0 Å². The summed E-state index contributed by atoms with van der Waals surface area (Å²) in [5.74, 6) is -0.384. The fraction of sp³-hybridized carbons (Fsp3) is 0.400. The number of hydrogen-bond donors (Lipinski definition) is 2. The zero-order valence-electron chi connectivity index (χ0n) is 13.0. The first-order chi connectivity index (χ1) is 10.5. The van der Waals surface area contributed by atoms with Gasteiger partial charge in [0.25, 0.3) is 0 Å². The minimum Gasteiger partial charge on any atom is -0.358 e. The molecule has 0 bridgehead atoms. The van der Waals surface area contributed by atoms with Gasteiger partial charge in [-0.1, -0.05) is 54.3 Å². The topological polar surface area (TPSA) is 61.4 Å². The predicted octanol–water partition coefficient (Wildman–Crippen LogP) is 2.54. The quantitative estimate of drug-likeness (QED) is 0.807. The van der Waals surface area contributed by atoms with Crippen LogP contribution in [0.1, 0.15) is 24.7 Å². The highest BCUT2D eigenvalue weighted by Gasteiger charge is 2.25. The Morgan fingerprint density at radius 1 is 1.23 bits per heavy atom. The van der Waals surface area contributed by atoms with Gasteiger partial charge in [0.2, 0.25) is 5.91 Å². The van der Waals surface area contributed by atoms with Crippen LogP contribution >= 0.6 is 24.0 Å². The average molecular weight is 339 g/mol. The van der Waals surface area contributed by atoms with Crippen LogP contribution in [0.15, 0.2) is 30.3 Å². The first-order valence-corrected chi connectivity index (χ1v) is 8.35. The maximum atomic E-state index is 12.4. The highest BCUT2D eigenvalue weighted by molar-refractivity contribution is 8.23. The van der Waals surface area contributed by atoms with Crippen LogP contribution in [0, 0.1) is 0 Å². The molecule has 22 heavy (non-hydrogen) atoms. The van der Waals surface area contributed by atoms with Gasteiger partial charge < -0.3 is 10.2 Å². The zero-order chi connectivity index (χ0) is 16.5. The van der Waals surface area contributed by atoms with Gasteiger partial charge in [-0.3, -0.25) is 10.1 Å². The zero-order valence-corrected chi connectivity index (χ0v) is 14.6. The smallest absolute Gasteiger partial charge is 0.321 e. The van der Waals surface area contributed by atoms with Gasteiger partial charge in [0.15, 0.2) is 0 Å². The van der Waals surface area contributed by atoms with Crippen LogP contribution in [0.5, 0.6) is 0 Å². The molecule has 1 aromatic rings. The highest BCUT2D eigenvalue weighted by Crippen LogP contribution is 2.31. The summed E-state index contributed by atoms with van der Waals surface area (Å²) >= 11 is 6.70. The molecule has 0 saturated carbocycles. The van der Waals surface area contributed by atoms with Crippen molar-refractivity contribution < 1.29 is 9.59 Å². The van der Waals surface area contributed by atoms with Crippen molar-refractivity contribution >= 4 is 40.2 Å². The number of thiocarbonyl (C=S) groups is 1. The predicted molar refractivity (Wildman–Crippen MR) is 94.9 cm³/mol. The molecule has 0 fully saturated rings. The van der Waals surface area contributed by atoms with Crippen LogP contribution in [0.3, 0.4) is 0 Å². The van der Waals surface area contributed by atoms with Crippen molar-refractivity contribution in [3.63, 3.8) is 0 Å². The van der Waals surface area contributed by atoms with Crippen molar-refractivity contribution in [1.29, 1.82) is 0 Å². The summed E-state index contributed by atoms with van der Waals surface area (Å²) in [5, 5.41) is 4.13. The lowest BCUT2D eigenvalue weighted by Gasteiger charge is -2.24. The van der Waals surface area contributed by atoms with Gasteiger partial charge in [0.1, 0.15) is 9.57 Å². The van der Waals surface area contributed by atoms with Crippen LogP contribution in [0.2, 0.25) is 0 Å². The Labute approximate surface area is 140 Å². The van der Waals surface area contributed by atoms with Gasteiger partial charge in [-0.2, -0.15) is 0 Å². The Hall–Kier alpha value is -1.60. The van der Waals surface area contributed by atoms with E-state index in [1.165, 1.54) is 18.8 Å². The lowest BCUT2D eigenvalue weighted by atomic mass is 10.1. The van der Waals surface area contributed by atoms with E-state index in [4.69, 9.17) is 12.2 Å². The number of rotatable bonds is 5. The van der Waals surface area contributed by atoms with E-state index in [9.17, 15) is 9.59 Å². The molecular formula is C15H21N3O2S2. The van der Waals surface area contributed by atoms with Gasteiger partial charge in [-0.05, 0) is 19.4 Å². The molecule has 0 spiro atoms. The number of imide groups is 1. The van der Waals surface area contributed by atoms with E-state index in [1.807, 2.05) is 49.1 Å². The van der Waals surface area contributed by atoms with Crippen molar-refractivity contribution in [2.45, 2.75) is 19.1 Å². The second kappa shape index (κ2) is 9.42. The Morgan fingerprint density at radius 3 is 2.32 bits per heavy atom. The molecule has 0 aliphatic rings. The second-order valence-electron chi connectivity index (χ2n) is 4.42. The Balaban J connectivity index is 2.95. The Kier molecular flexibility index (Phi) is 7.90. The van der Waals surface area contributed by atoms with E-state index < -0.39 is 11.3 Å². The van der Waals surface area contributed by atoms with Crippen molar-refractivity contribution in [2.24, 2.45) is 0 Å². The number of nitrogens with one attached hydrogen (secondary N) is 2. The van der Waals surface area contributed by atoms with Crippen LogP contribution in [-0.2, 0) is 4.79 Å². The molecule has 0 radical (unpaired) electrons. The van der Waals surface area contributed by atoms with Crippen molar-refractivity contribution in [1.82, 2.24) is 15.5 Å². The molecule has 1 rings (SSSR count). The first-order valence-electron chi connectivity index (χ1n) is 7.06. The highest BCUT2D eigenvalue weighted by atomic mass is 32.2. The van der Waals surface area contributed by atoms with Crippen molar-refractivity contribution in [3.8, 4) is 0 Å². The van der Waals surface area contributed by atoms with Crippen molar-refractivity contribution in [3.05, 3.63) is 35.9 Å². The number of carbonyl (C=O) groups excluding carboxylic acids is 2. The lowest BCUT2D eigenvalue weighted by Crippen LogP contribution is -2.40. The SMILES string of the molecule is CCN(CC)C(=S)S[C@@H](C(=O)NC(=O)NC)c1ccccc1. The molecule has 0 unspecified atom stereocenters. The second-order valence-corrected chi connectivity index (χ2v) is 6.15. The average Bonchev–Trinajstić information content (AvgIpc) is 2.54. The van der Waals surface area contributed by atoms with E-state index in [2.05, 4.69) is 10.6 Å². The van der Waals surface area contributed by atoms with Gasteiger partial charge >= 0.3 is 6.03 Å². The molecule has 7 heteroatoms. The van der Waals surface area contributed by atoms with Crippen LogP contribution in [0.25, 0.3) is 0 Å². The van der Waals surface area contributed by atoms with Crippen molar-refractivity contribution in [2.75, 3.05) is 20.1 Å². The van der Waals surface area contributed by atoms with Gasteiger partial charge in [-0.25, -0.2) is 4.79 Å². The number of amides is 3. The fourth-order valence-corrected chi connectivity index (χ4v) is 3.41. The van der Waals surface area contributed by atoms with Crippen LogP contribution < -0.4 is 10.6 Å². The standard InChI is InChI=1S/C15H21N3O2S2/c1-4-18(5-2)15(21)22-12(11-9-7-6-8-10-11)13(19)17-14(20)16-3/h6-10,12H,4-5H2,1-3H3,(H2,16,17,19,20)/t12-/m1/s1. The normalized spacial score (nSPS) is 11.4. The summed E-state index contributed by atoms with van der Waals surface area (Å²) in [4.78, 5) is 25.8. The minimum atomic E-state index is -0.563. The van der Waals surface area contributed by atoms with Crippen LogP contribution in [0.4, 0.5) is 4.79 Å². The number of thioether (sulfide) groups is 1. The Bertz CT molecular complexity index is 519. The van der Waals surface area contributed by atoms with Gasteiger partial charge in [0.05, 0.1) is 0 Å². The third kappa shape index (κ3) is 5.31. The van der Waals surface area contributed by atoms with Gasteiger partial charge in [-0.15, -0.1) is 0 Å². The first kappa shape index (κ1) is 18.4. The molecule has 2 N–H and O–H groups in total. The molecule has 0 aliphatic carbocycles. The number of urea groups is 1.